The topological polar surface area (TPSA) is 82.3 Å². The summed E-state index contributed by atoms with van der Waals surface area (Å²) >= 11 is 3.01. The molecule has 1 atom stereocenters. The molecule has 4 aromatic rings. The highest BCUT2D eigenvalue weighted by atomic mass is 32.2. The summed E-state index contributed by atoms with van der Waals surface area (Å²) in [7, 11) is 1.36. The number of carbonyl (C=O) groups is 1. The van der Waals surface area contributed by atoms with Crippen LogP contribution in [0.25, 0.3) is 22.0 Å². The van der Waals surface area contributed by atoms with Crippen LogP contribution in [0.3, 0.4) is 0 Å². The van der Waals surface area contributed by atoms with E-state index in [0.717, 1.165) is 21.0 Å². The summed E-state index contributed by atoms with van der Waals surface area (Å²) in [5, 5.41) is 14.6. The summed E-state index contributed by atoms with van der Waals surface area (Å²) in [5.74, 6) is 0.0167. The number of ether oxygens (including phenoxy) is 1. The Morgan fingerprint density at radius 1 is 1.03 bits per heavy atom. The van der Waals surface area contributed by atoms with E-state index in [2.05, 4.69) is 15.3 Å². The van der Waals surface area contributed by atoms with Crippen molar-refractivity contribution >= 4 is 34.8 Å². The van der Waals surface area contributed by atoms with E-state index < -0.39 is 5.97 Å². The lowest BCUT2D eigenvalue weighted by atomic mass is 10.1. The van der Waals surface area contributed by atoms with Crippen LogP contribution in [-0.4, -0.2) is 38.6 Å². The average Bonchev–Trinajstić information content (AvgIpc) is 3.41. The largest absolute Gasteiger partial charge is 0.464 e. The Morgan fingerprint density at radius 2 is 1.74 bits per heavy atom. The molecule has 5 rings (SSSR count). The normalized spacial score (nSPS) is 15.3. The molecule has 1 aliphatic heterocycles. The van der Waals surface area contributed by atoms with E-state index in [1.807, 2.05) is 67.6 Å². The average molecular weight is 448 g/mol. The summed E-state index contributed by atoms with van der Waals surface area (Å²) in [5.41, 5.74) is 2.98. The van der Waals surface area contributed by atoms with Crippen LogP contribution in [0.15, 0.2) is 70.9 Å². The fraction of sp³-hybridized carbons (Fsp3) is 0.136. The van der Waals surface area contributed by atoms with Gasteiger partial charge in [-0.15, -0.1) is 21.5 Å². The second-order valence-electron chi connectivity index (χ2n) is 6.78. The predicted octanol–water partition coefficient (Wildman–Crippen LogP) is 4.60. The SMILES string of the molecule is COC(=O)C1=Nn2c(nnc2-c2nc(C)sc2-c2ccccc2)SC1c1ccccc1. The lowest BCUT2D eigenvalue weighted by molar-refractivity contribution is -0.132. The first kappa shape index (κ1) is 19.7. The van der Waals surface area contributed by atoms with Gasteiger partial charge in [0.1, 0.15) is 5.69 Å². The standard InChI is InChI=1S/C22H17N5O2S2/c1-13-23-16(18(30-13)14-9-5-3-6-10-14)20-24-25-22-27(20)26-17(21(28)29-2)19(31-22)15-11-7-4-8-12-15/h3-12,19H,1-2H3. The summed E-state index contributed by atoms with van der Waals surface area (Å²) in [6.45, 7) is 1.96. The molecule has 7 nitrogen and oxygen atoms in total. The maximum atomic E-state index is 12.6. The molecule has 0 aliphatic carbocycles. The molecule has 154 valence electrons. The number of rotatable bonds is 4. The fourth-order valence-corrected chi connectivity index (χ4v) is 5.36. The molecule has 2 aromatic heterocycles. The summed E-state index contributed by atoms with van der Waals surface area (Å²) < 4.78 is 6.62. The third-order valence-corrected chi connectivity index (χ3v) is 6.99. The van der Waals surface area contributed by atoms with Gasteiger partial charge in [-0.3, -0.25) is 0 Å². The van der Waals surface area contributed by atoms with E-state index in [1.165, 1.54) is 18.9 Å². The molecule has 0 saturated heterocycles. The van der Waals surface area contributed by atoms with Crippen LogP contribution >= 0.6 is 23.1 Å². The van der Waals surface area contributed by atoms with E-state index >= 15 is 0 Å². The van der Waals surface area contributed by atoms with E-state index in [-0.39, 0.29) is 5.25 Å². The van der Waals surface area contributed by atoms with Gasteiger partial charge in [-0.25, -0.2) is 9.78 Å². The molecule has 0 N–H and O–H groups in total. The highest BCUT2D eigenvalue weighted by molar-refractivity contribution is 8.00. The first-order chi connectivity index (χ1) is 15.2. The van der Waals surface area contributed by atoms with Gasteiger partial charge in [0.15, 0.2) is 5.71 Å². The van der Waals surface area contributed by atoms with Crippen molar-refractivity contribution < 1.29 is 9.53 Å². The van der Waals surface area contributed by atoms with Crippen LogP contribution in [0.4, 0.5) is 0 Å². The molecule has 1 unspecified atom stereocenters. The maximum absolute atomic E-state index is 12.6. The van der Waals surface area contributed by atoms with E-state index in [1.54, 1.807) is 16.0 Å². The van der Waals surface area contributed by atoms with Gasteiger partial charge in [0.2, 0.25) is 11.0 Å². The van der Waals surface area contributed by atoms with Crippen LogP contribution in [0.5, 0.6) is 0 Å². The van der Waals surface area contributed by atoms with Crippen LogP contribution in [0.1, 0.15) is 15.8 Å². The quantitative estimate of drug-likeness (QED) is 0.425. The summed E-state index contributed by atoms with van der Waals surface area (Å²) in [6, 6.07) is 19.7. The molecule has 31 heavy (non-hydrogen) atoms. The van der Waals surface area contributed by atoms with E-state index in [0.29, 0.717) is 22.4 Å². The highest BCUT2D eigenvalue weighted by Crippen LogP contribution is 2.42. The first-order valence-electron chi connectivity index (χ1n) is 9.53. The van der Waals surface area contributed by atoms with Gasteiger partial charge in [-0.2, -0.15) is 9.78 Å². The van der Waals surface area contributed by atoms with Gasteiger partial charge in [-0.05, 0) is 18.1 Å². The Hall–Kier alpha value is -3.30. The minimum absolute atomic E-state index is 0.292. The first-order valence-corrected chi connectivity index (χ1v) is 11.2. The van der Waals surface area contributed by atoms with Gasteiger partial charge in [-0.1, -0.05) is 72.4 Å². The summed E-state index contributed by atoms with van der Waals surface area (Å²) in [4.78, 5) is 18.3. The summed E-state index contributed by atoms with van der Waals surface area (Å²) in [6.07, 6.45) is 0. The third-order valence-electron chi connectivity index (χ3n) is 4.77. The molecule has 3 heterocycles. The Labute approximate surface area is 186 Å². The second-order valence-corrected chi connectivity index (χ2v) is 9.06. The number of nitrogens with zero attached hydrogens (tertiary/aromatic N) is 5. The van der Waals surface area contributed by atoms with Gasteiger partial charge >= 0.3 is 5.97 Å². The molecule has 2 aromatic carbocycles. The maximum Gasteiger partial charge on any atom is 0.355 e. The van der Waals surface area contributed by atoms with Crippen LogP contribution in [0.2, 0.25) is 0 Å². The fourth-order valence-electron chi connectivity index (χ4n) is 3.37. The molecule has 9 heteroatoms. The third kappa shape index (κ3) is 3.55. The lowest BCUT2D eigenvalue weighted by Crippen LogP contribution is -2.26. The van der Waals surface area contributed by atoms with Crippen molar-refractivity contribution in [3.63, 3.8) is 0 Å². The molecule has 0 saturated carbocycles. The molecule has 0 spiro atoms. The monoisotopic (exact) mass is 447 g/mol. The molecule has 0 bridgehead atoms. The van der Waals surface area contributed by atoms with Crippen LogP contribution in [-0.2, 0) is 9.53 Å². The number of aryl methyl sites for hydroxylation is 1. The van der Waals surface area contributed by atoms with Crippen molar-refractivity contribution in [2.45, 2.75) is 17.3 Å². The number of thiazole rings is 1. The van der Waals surface area contributed by atoms with Gasteiger partial charge in [0.05, 0.1) is 22.2 Å². The predicted molar refractivity (Wildman–Crippen MR) is 121 cm³/mol. The van der Waals surface area contributed by atoms with Crippen molar-refractivity contribution in [3.05, 3.63) is 71.2 Å². The van der Waals surface area contributed by atoms with Crippen molar-refractivity contribution in [1.82, 2.24) is 19.9 Å². The number of hydrogen-bond donors (Lipinski definition) is 0. The lowest BCUT2D eigenvalue weighted by Gasteiger charge is -2.21. The number of aromatic nitrogens is 4. The van der Waals surface area contributed by atoms with Crippen LogP contribution in [0, 0.1) is 6.92 Å². The number of hydrogen-bond acceptors (Lipinski definition) is 8. The Kier molecular flexibility index (Phi) is 5.13. The number of thioether (sulfide) groups is 1. The zero-order valence-corrected chi connectivity index (χ0v) is 18.4. The van der Waals surface area contributed by atoms with Gasteiger partial charge in [0.25, 0.3) is 0 Å². The molecule has 1 aliphatic rings. The van der Waals surface area contributed by atoms with Crippen LogP contribution < -0.4 is 0 Å². The number of carbonyl (C=O) groups excluding carboxylic acids is 1. The van der Waals surface area contributed by atoms with Crippen molar-refractivity contribution in [1.29, 1.82) is 0 Å². The zero-order chi connectivity index (χ0) is 21.4. The molecule has 0 amide bonds. The highest BCUT2D eigenvalue weighted by Gasteiger charge is 2.35. The molecular weight excluding hydrogens is 430 g/mol. The second kappa shape index (κ2) is 8.09. The van der Waals surface area contributed by atoms with E-state index in [9.17, 15) is 4.79 Å². The van der Waals surface area contributed by atoms with E-state index in [4.69, 9.17) is 9.72 Å². The van der Waals surface area contributed by atoms with Gasteiger partial charge in [0, 0.05) is 0 Å². The van der Waals surface area contributed by atoms with Gasteiger partial charge < -0.3 is 4.74 Å². The smallest absolute Gasteiger partial charge is 0.355 e. The Morgan fingerprint density at radius 3 is 2.45 bits per heavy atom. The minimum atomic E-state index is -0.482. The minimum Gasteiger partial charge on any atom is -0.464 e. The number of benzene rings is 2. The van der Waals surface area contributed by atoms with Crippen molar-refractivity contribution in [2.75, 3.05) is 7.11 Å². The van der Waals surface area contributed by atoms with Crippen molar-refractivity contribution in [3.8, 4) is 22.0 Å². The number of fused-ring (bicyclic) bond motifs is 1. The van der Waals surface area contributed by atoms with Crippen molar-refractivity contribution in [2.24, 2.45) is 5.10 Å². The number of esters is 1. The Bertz CT molecular complexity index is 1280. The molecule has 0 radical (unpaired) electrons. The number of methoxy groups -OCH3 is 1. The Balaban J connectivity index is 1.64. The molecular formula is C22H17N5O2S2. The zero-order valence-electron chi connectivity index (χ0n) is 16.7. The molecule has 0 fully saturated rings.